The molecule has 164 valence electrons. The molecule has 1 aliphatic rings. The molecule has 1 fully saturated rings. The second-order valence-electron chi connectivity index (χ2n) is 8.41. The number of hydrogen-bond acceptors (Lipinski definition) is 6. The highest BCUT2D eigenvalue weighted by atomic mass is 16.5. The van der Waals surface area contributed by atoms with Crippen molar-refractivity contribution in [2.45, 2.75) is 39.2 Å². The molecule has 0 aliphatic carbocycles. The summed E-state index contributed by atoms with van der Waals surface area (Å²) in [6.45, 7) is 12.1. The van der Waals surface area contributed by atoms with Gasteiger partial charge >= 0.3 is 0 Å². The molecule has 1 saturated heterocycles. The smallest absolute Gasteiger partial charge is 0.243 e. The normalized spacial score (nSPS) is 16.0. The molecule has 0 bridgehead atoms. The predicted octanol–water partition coefficient (Wildman–Crippen LogP) is 0.818. The van der Waals surface area contributed by atoms with Crippen LogP contribution in [0.2, 0.25) is 0 Å². The first-order chi connectivity index (χ1) is 13.8. The molecule has 9 heteroatoms. The number of carbonyl (C=O) groups is 1. The van der Waals surface area contributed by atoms with Crippen molar-refractivity contribution in [2.75, 3.05) is 60.0 Å². The van der Waals surface area contributed by atoms with Gasteiger partial charge in [0.15, 0.2) is 5.96 Å². The van der Waals surface area contributed by atoms with Gasteiger partial charge in [-0.25, -0.2) is 9.98 Å². The maximum Gasteiger partial charge on any atom is 0.243 e. The summed E-state index contributed by atoms with van der Waals surface area (Å²) in [7, 11) is 3.45. The third-order valence-electron chi connectivity index (χ3n) is 4.62. The highest BCUT2D eigenvalue weighted by molar-refractivity contribution is 5.84. The van der Waals surface area contributed by atoms with Gasteiger partial charge in [0, 0.05) is 39.1 Å². The summed E-state index contributed by atoms with van der Waals surface area (Å²) < 4.78 is 11.2. The molecule has 2 N–H and O–H groups in total. The largest absolute Gasteiger partial charge is 0.443 e. The number of nitrogens with zero attached hydrogens (tertiary/aromatic N) is 4. The van der Waals surface area contributed by atoms with E-state index in [2.05, 4.69) is 46.3 Å². The number of hydrogen-bond donors (Lipinski definition) is 2. The Morgan fingerprint density at radius 2 is 2.00 bits per heavy atom. The first-order valence-corrected chi connectivity index (χ1v) is 10.2. The molecule has 0 atom stereocenters. The highest BCUT2D eigenvalue weighted by Gasteiger charge is 2.19. The van der Waals surface area contributed by atoms with Crippen LogP contribution in [0.15, 0.2) is 15.6 Å². The number of ether oxygens (including phenoxy) is 1. The van der Waals surface area contributed by atoms with Crippen LogP contribution in [0.25, 0.3) is 0 Å². The van der Waals surface area contributed by atoms with Crippen molar-refractivity contribution in [1.82, 2.24) is 25.4 Å². The molecule has 0 aromatic carbocycles. The van der Waals surface area contributed by atoms with Gasteiger partial charge in [0.05, 0.1) is 26.0 Å². The Balaban J connectivity index is 1.85. The average Bonchev–Trinajstić information content (AvgIpc) is 3.16. The molecule has 1 amide bonds. The van der Waals surface area contributed by atoms with Gasteiger partial charge in [0.25, 0.3) is 0 Å². The lowest BCUT2D eigenvalue weighted by molar-refractivity contribution is -0.127. The van der Waals surface area contributed by atoms with Crippen LogP contribution in [0.4, 0.5) is 0 Å². The molecule has 1 aromatic rings. The van der Waals surface area contributed by atoms with Gasteiger partial charge in [0.1, 0.15) is 12.3 Å². The van der Waals surface area contributed by atoms with Gasteiger partial charge in [0.2, 0.25) is 11.8 Å². The zero-order chi connectivity index (χ0) is 21.3. The third kappa shape index (κ3) is 8.41. The Morgan fingerprint density at radius 1 is 1.28 bits per heavy atom. The summed E-state index contributed by atoms with van der Waals surface area (Å²) in [4.78, 5) is 24.5. The number of likely N-dealkylation sites (N-methyl/N-ethyl adjacent to an activating group) is 1. The van der Waals surface area contributed by atoms with E-state index in [0.29, 0.717) is 18.4 Å². The number of rotatable bonds is 8. The highest BCUT2D eigenvalue weighted by Crippen LogP contribution is 2.22. The fraction of sp³-hybridized carbons (Fsp3) is 0.750. The molecular formula is C20H36N6O3. The zero-order valence-corrected chi connectivity index (χ0v) is 18.5. The number of aliphatic imine (C=N–C) groups is 1. The minimum absolute atomic E-state index is 0.0504. The first kappa shape index (κ1) is 23.2. The van der Waals surface area contributed by atoms with Crippen LogP contribution in [0.5, 0.6) is 0 Å². The zero-order valence-electron chi connectivity index (χ0n) is 18.5. The Hall–Kier alpha value is -2.13. The molecular weight excluding hydrogens is 372 g/mol. The van der Waals surface area contributed by atoms with Crippen molar-refractivity contribution in [3.05, 3.63) is 17.8 Å². The van der Waals surface area contributed by atoms with Crippen molar-refractivity contribution in [3.63, 3.8) is 0 Å². The molecule has 2 heterocycles. The summed E-state index contributed by atoms with van der Waals surface area (Å²) in [6.07, 6.45) is 2.74. The summed E-state index contributed by atoms with van der Waals surface area (Å²) >= 11 is 0. The minimum Gasteiger partial charge on any atom is -0.443 e. The Labute approximate surface area is 173 Å². The summed E-state index contributed by atoms with van der Waals surface area (Å²) in [5.74, 6) is 1.97. The summed E-state index contributed by atoms with van der Waals surface area (Å²) in [5.41, 5.74) is -0.0853. The number of amides is 1. The SMILES string of the molecule is CN(C)C(=O)CN=C(NCCCN1CCOCC1)NCc1ncc(C(C)(C)C)o1. The number of guanidine groups is 1. The molecule has 1 aromatic heterocycles. The summed E-state index contributed by atoms with van der Waals surface area (Å²) in [6, 6.07) is 0. The second kappa shape index (κ2) is 11.2. The minimum atomic E-state index is -0.0853. The van der Waals surface area contributed by atoms with Crippen molar-refractivity contribution >= 4 is 11.9 Å². The molecule has 9 nitrogen and oxygen atoms in total. The van der Waals surface area contributed by atoms with E-state index in [1.807, 2.05) is 0 Å². The maximum absolute atomic E-state index is 11.9. The molecule has 29 heavy (non-hydrogen) atoms. The van der Waals surface area contributed by atoms with Gasteiger partial charge < -0.3 is 24.7 Å². The second-order valence-corrected chi connectivity index (χ2v) is 8.41. The lowest BCUT2D eigenvalue weighted by Crippen LogP contribution is -2.41. The van der Waals surface area contributed by atoms with Crippen molar-refractivity contribution in [2.24, 2.45) is 4.99 Å². The van der Waals surface area contributed by atoms with Crippen LogP contribution < -0.4 is 10.6 Å². The average molecular weight is 409 g/mol. The Morgan fingerprint density at radius 3 is 2.62 bits per heavy atom. The summed E-state index contributed by atoms with van der Waals surface area (Å²) in [5, 5.41) is 6.51. The number of carbonyl (C=O) groups excluding carboxylic acids is 1. The molecule has 0 spiro atoms. The van der Waals surface area contributed by atoms with E-state index in [1.54, 1.807) is 20.3 Å². The molecule has 0 radical (unpaired) electrons. The van der Waals surface area contributed by atoms with Crippen molar-refractivity contribution in [3.8, 4) is 0 Å². The standard InChI is InChI=1S/C20H36N6O3/c1-20(2,3)16-13-22-17(29-16)14-23-19(24-15-18(27)25(4)5)21-7-6-8-26-9-11-28-12-10-26/h13H,6-12,14-15H2,1-5H3,(H2,21,23,24). The van der Waals surface area contributed by atoms with Gasteiger partial charge in [-0.3, -0.25) is 9.69 Å². The topological polar surface area (TPSA) is 95.2 Å². The first-order valence-electron chi connectivity index (χ1n) is 10.2. The number of nitrogens with one attached hydrogen (secondary N) is 2. The Kier molecular flexibility index (Phi) is 8.91. The maximum atomic E-state index is 11.9. The molecule has 1 aliphatic heterocycles. The van der Waals surface area contributed by atoms with E-state index in [4.69, 9.17) is 9.15 Å². The van der Waals surface area contributed by atoms with E-state index in [0.717, 1.165) is 51.6 Å². The van der Waals surface area contributed by atoms with Crippen LogP contribution in [-0.4, -0.2) is 86.7 Å². The quantitative estimate of drug-likeness (QED) is 0.373. The van der Waals surface area contributed by atoms with Crippen molar-refractivity contribution in [1.29, 1.82) is 0 Å². The van der Waals surface area contributed by atoms with Crippen LogP contribution in [-0.2, 0) is 21.5 Å². The lowest BCUT2D eigenvalue weighted by Gasteiger charge is -2.26. The predicted molar refractivity (Wildman–Crippen MR) is 113 cm³/mol. The van der Waals surface area contributed by atoms with Crippen LogP contribution in [0, 0.1) is 0 Å². The lowest BCUT2D eigenvalue weighted by atomic mass is 9.94. The van der Waals surface area contributed by atoms with E-state index in [1.165, 1.54) is 4.90 Å². The molecule has 2 rings (SSSR count). The van der Waals surface area contributed by atoms with E-state index >= 15 is 0 Å². The number of morpholine rings is 1. The van der Waals surface area contributed by atoms with Gasteiger partial charge in [-0.1, -0.05) is 20.8 Å². The van der Waals surface area contributed by atoms with Crippen LogP contribution in [0.1, 0.15) is 38.8 Å². The molecule has 0 unspecified atom stereocenters. The van der Waals surface area contributed by atoms with Crippen LogP contribution in [0.3, 0.4) is 0 Å². The number of aromatic nitrogens is 1. The van der Waals surface area contributed by atoms with E-state index < -0.39 is 0 Å². The van der Waals surface area contributed by atoms with Crippen LogP contribution >= 0.6 is 0 Å². The third-order valence-corrected chi connectivity index (χ3v) is 4.62. The fourth-order valence-corrected chi connectivity index (χ4v) is 2.69. The Bertz CT molecular complexity index is 659. The van der Waals surface area contributed by atoms with Gasteiger partial charge in [-0.15, -0.1) is 0 Å². The van der Waals surface area contributed by atoms with Crippen molar-refractivity contribution < 1.29 is 13.9 Å². The monoisotopic (exact) mass is 408 g/mol. The number of oxazole rings is 1. The van der Waals surface area contributed by atoms with E-state index in [-0.39, 0.29) is 17.9 Å². The van der Waals surface area contributed by atoms with Gasteiger partial charge in [-0.05, 0) is 13.0 Å². The van der Waals surface area contributed by atoms with Gasteiger partial charge in [-0.2, -0.15) is 0 Å². The molecule has 0 saturated carbocycles. The fourth-order valence-electron chi connectivity index (χ4n) is 2.69. The van der Waals surface area contributed by atoms with E-state index in [9.17, 15) is 4.79 Å².